The molecule has 1 unspecified atom stereocenters. The van der Waals surface area contributed by atoms with Crippen molar-refractivity contribution in [3.63, 3.8) is 0 Å². The Balaban J connectivity index is 0.00000180. The highest BCUT2D eigenvalue weighted by atomic mass is 35.5. The molecule has 1 amide bonds. The standard InChI is InChI=1S/C12H20N4OS.ClH/c1-2-3-4-7-10-15-16-12(18-10)14-11(17)9-6-5-8-13-9;/h9,13H,2-8H2,1H3,(H,14,16,17);1H. The summed E-state index contributed by atoms with van der Waals surface area (Å²) in [6, 6.07) is -0.0579. The lowest BCUT2D eigenvalue weighted by molar-refractivity contribution is -0.117. The first-order chi connectivity index (χ1) is 8.79. The van der Waals surface area contributed by atoms with Crippen LogP contribution >= 0.6 is 23.7 Å². The molecule has 0 aromatic carbocycles. The minimum absolute atomic E-state index is 0. The Labute approximate surface area is 124 Å². The van der Waals surface area contributed by atoms with Gasteiger partial charge in [-0.25, -0.2) is 0 Å². The predicted molar refractivity (Wildman–Crippen MR) is 80.0 cm³/mol. The molecule has 0 aliphatic carbocycles. The number of halogens is 1. The number of nitrogens with zero attached hydrogens (tertiary/aromatic N) is 2. The highest BCUT2D eigenvalue weighted by Gasteiger charge is 2.22. The van der Waals surface area contributed by atoms with Crippen molar-refractivity contribution >= 4 is 34.8 Å². The zero-order valence-corrected chi connectivity index (χ0v) is 12.8. The van der Waals surface area contributed by atoms with Crippen molar-refractivity contribution in [2.24, 2.45) is 0 Å². The van der Waals surface area contributed by atoms with Gasteiger partial charge in [0.2, 0.25) is 11.0 Å². The number of carbonyl (C=O) groups is 1. The SMILES string of the molecule is CCCCCc1nnc(NC(=O)C2CCCN2)s1.Cl. The smallest absolute Gasteiger partial charge is 0.243 e. The zero-order chi connectivity index (χ0) is 12.8. The van der Waals surface area contributed by atoms with E-state index in [-0.39, 0.29) is 24.4 Å². The fourth-order valence-electron chi connectivity index (χ4n) is 2.03. The highest BCUT2D eigenvalue weighted by Crippen LogP contribution is 2.18. The molecule has 1 aromatic heterocycles. The van der Waals surface area contributed by atoms with E-state index >= 15 is 0 Å². The molecule has 2 rings (SSSR count). The Morgan fingerprint density at radius 2 is 2.32 bits per heavy atom. The molecule has 0 radical (unpaired) electrons. The summed E-state index contributed by atoms with van der Waals surface area (Å²) in [4.78, 5) is 11.8. The maximum absolute atomic E-state index is 11.8. The second-order valence-corrected chi connectivity index (χ2v) is 5.66. The summed E-state index contributed by atoms with van der Waals surface area (Å²) in [5, 5.41) is 15.8. The third kappa shape index (κ3) is 5.04. The van der Waals surface area contributed by atoms with E-state index in [0.29, 0.717) is 5.13 Å². The molecule has 0 spiro atoms. The van der Waals surface area contributed by atoms with Gasteiger partial charge in [-0.1, -0.05) is 31.1 Å². The van der Waals surface area contributed by atoms with Crippen LogP contribution in [0, 0.1) is 0 Å². The van der Waals surface area contributed by atoms with Crippen molar-refractivity contribution < 1.29 is 4.79 Å². The summed E-state index contributed by atoms with van der Waals surface area (Å²) in [7, 11) is 0. The Kier molecular flexibility index (Phi) is 7.27. The van der Waals surface area contributed by atoms with Gasteiger partial charge in [-0.2, -0.15) is 0 Å². The highest BCUT2D eigenvalue weighted by molar-refractivity contribution is 7.15. The molecule has 2 N–H and O–H groups in total. The fraction of sp³-hybridized carbons (Fsp3) is 0.750. The zero-order valence-electron chi connectivity index (χ0n) is 11.1. The second-order valence-electron chi connectivity index (χ2n) is 4.60. The van der Waals surface area contributed by atoms with Crippen LogP contribution in [0.4, 0.5) is 5.13 Å². The maximum atomic E-state index is 11.8. The summed E-state index contributed by atoms with van der Waals surface area (Å²) >= 11 is 1.49. The lowest BCUT2D eigenvalue weighted by Crippen LogP contribution is -2.35. The van der Waals surface area contributed by atoms with Crippen molar-refractivity contribution in [1.82, 2.24) is 15.5 Å². The molecule has 1 aromatic rings. The van der Waals surface area contributed by atoms with Gasteiger partial charge in [0.25, 0.3) is 0 Å². The normalized spacial score (nSPS) is 18.1. The van der Waals surface area contributed by atoms with Crippen LogP contribution in [-0.4, -0.2) is 28.7 Å². The van der Waals surface area contributed by atoms with Crippen LogP contribution in [0.1, 0.15) is 44.0 Å². The van der Waals surface area contributed by atoms with E-state index in [1.165, 1.54) is 24.2 Å². The molecule has 1 fully saturated rings. The first kappa shape index (κ1) is 16.3. The number of amides is 1. The van der Waals surface area contributed by atoms with Crippen molar-refractivity contribution in [2.75, 3.05) is 11.9 Å². The van der Waals surface area contributed by atoms with Gasteiger partial charge in [-0.15, -0.1) is 22.6 Å². The summed E-state index contributed by atoms with van der Waals surface area (Å²) < 4.78 is 0. The Bertz CT molecular complexity index is 393. The monoisotopic (exact) mass is 304 g/mol. The number of hydrogen-bond acceptors (Lipinski definition) is 5. The molecular weight excluding hydrogens is 284 g/mol. The van der Waals surface area contributed by atoms with Gasteiger partial charge in [-0.3, -0.25) is 10.1 Å². The van der Waals surface area contributed by atoms with E-state index in [4.69, 9.17) is 0 Å². The largest absolute Gasteiger partial charge is 0.306 e. The van der Waals surface area contributed by atoms with Gasteiger partial charge in [-0.05, 0) is 25.8 Å². The minimum Gasteiger partial charge on any atom is -0.306 e. The van der Waals surface area contributed by atoms with Crippen LogP contribution in [0.25, 0.3) is 0 Å². The first-order valence-corrected chi connectivity index (χ1v) is 7.48. The van der Waals surface area contributed by atoms with Crippen molar-refractivity contribution in [1.29, 1.82) is 0 Å². The number of carbonyl (C=O) groups excluding carboxylic acids is 1. The summed E-state index contributed by atoms with van der Waals surface area (Å²) in [6.45, 7) is 3.11. The third-order valence-electron chi connectivity index (χ3n) is 3.07. The maximum Gasteiger partial charge on any atom is 0.243 e. The number of anilines is 1. The number of aromatic nitrogens is 2. The van der Waals surface area contributed by atoms with E-state index in [2.05, 4.69) is 27.8 Å². The van der Waals surface area contributed by atoms with Crippen LogP contribution in [-0.2, 0) is 11.2 Å². The molecule has 1 saturated heterocycles. The lowest BCUT2D eigenvalue weighted by atomic mass is 10.2. The van der Waals surface area contributed by atoms with Gasteiger partial charge >= 0.3 is 0 Å². The molecule has 108 valence electrons. The molecule has 1 aliphatic heterocycles. The Hall–Kier alpha value is -0.720. The van der Waals surface area contributed by atoms with Crippen molar-refractivity contribution in [2.45, 2.75) is 51.5 Å². The predicted octanol–water partition coefficient (Wildman–Crippen LogP) is 2.38. The molecular formula is C12H21ClN4OS. The molecule has 0 bridgehead atoms. The van der Waals surface area contributed by atoms with Gasteiger partial charge < -0.3 is 5.32 Å². The fourth-order valence-corrected chi connectivity index (χ4v) is 2.82. The van der Waals surface area contributed by atoms with Gasteiger partial charge in [0.15, 0.2) is 0 Å². The van der Waals surface area contributed by atoms with E-state index in [1.54, 1.807) is 0 Å². The number of unbranched alkanes of at least 4 members (excludes halogenated alkanes) is 2. The average molecular weight is 305 g/mol. The van der Waals surface area contributed by atoms with Gasteiger partial charge in [0.05, 0.1) is 6.04 Å². The topological polar surface area (TPSA) is 66.9 Å². The van der Waals surface area contributed by atoms with E-state index in [0.717, 1.165) is 37.2 Å². The van der Waals surface area contributed by atoms with Gasteiger partial charge in [0.1, 0.15) is 5.01 Å². The molecule has 19 heavy (non-hydrogen) atoms. The van der Waals surface area contributed by atoms with Gasteiger partial charge in [0, 0.05) is 6.42 Å². The lowest BCUT2D eigenvalue weighted by Gasteiger charge is -2.07. The number of aryl methyl sites for hydroxylation is 1. The second kappa shape index (κ2) is 8.45. The van der Waals surface area contributed by atoms with E-state index in [1.807, 2.05) is 0 Å². The van der Waals surface area contributed by atoms with Crippen LogP contribution in [0.2, 0.25) is 0 Å². The van der Waals surface area contributed by atoms with Crippen molar-refractivity contribution in [3.8, 4) is 0 Å². The number of hydrogen-bond donors (Lipinski definition) is 2. The summed E-state index contributed by atoms with van der Waals surface area (Å²) in [6.07, 6.45) is 6.50. The summed E-state index contributed by atoms with van der Waals surface area (Å²) in [5.74, 6) is 0.0174. The molecule has 1 aliphatic rings. The Morgan fingerprint density at radius 1 is 1.47 bits per heavy atom. The van der Waals surface area contributed by atoms with Crippen LogP contribution in [0.15, 0.2) is 0 Å². The van der Waals surface area contributed by atoms with Crippen LogP contribution in [0.5, 0.6) is 0 Å². The average Bonchev–Trinajstić information content (AvgIpc) is 3.00. The molecule has 0 saturated carbocycles. The first-order valence-electron chi connectivity index (χ1n) is 6.66. The van der Waals surface area contributed by atoms with E-state index in [9.17, 15) is 4.79 Å². The molecule has 2 heterocycles. The van der Waals surface area contributed by atoms with Crippen LogP contribution < -0.4 is 10.6 Å². The van der Waals surface area contributed by atoms with E-state index < -0.39 is 0 Å². The molecule has 5 nitrogen and oxygen atoms in total. The summed E-state index contributed by atoms with van der Waals surface area (Å²) in [5.41, 5.74) is 0. The third-order valence-corrected chi connectivity index (χ3v) is 3.97. The minimum atomic E-state index is -0.0579. The number of nitrogens with one attached hydrogen (secondary N) is 2. The molecule has 7 heteroatoms. The van der Waals surface area contributed by atoms with Crippen molar-refractivity contribution in [3.05, 3.63) is 5.01 Å². The van der Waals surface area contributed by atoms with Crippen LogP contribution in [0.3, 0.4) is 0 Å². The number of rotatable bonds is 6. The quantitative estimate of drug-likeness (QED) is 0.792. The molecule has 1 atom stereocenters. The Morgan fingerprint density at radius 3 is 3.00 bits per heavy atom.